The zero-order valence-electron chi connectivity index (χ0n) is 17.8. The summed E-state index contributed by atoms with van der Waals surface area (Å²) in [7, 11) is 0. The standard InChI is InChI=1S/C14H10N2O2.C9H16N2O3/c1-3-11-7-13(5-1)17-10-18-14-6-2-4-12(8-14)16-9-15-11;1-3-12-5-7-14-8-6-13-4-2-11-9-10-1/h1-8H,10H2;1-8H2. The van der Waals surface area contributed by atoms with Crippen LogP contribution in [0.2, 0.25) is 0 Å². The predicted molar refractivity (Wildman–Crippen MR) is 120 cm³/mol. The van der Waals surface area contributed by atoms with Crippen LogP contribution in [0.4, 0.5) is 11.4 Å². The molecule has 0 fully saturated rings. The molecule has 2 heterocycles. The van der Waals surface area contributed by atoms with E-state index in [4.69, 9.17) is 23.7 Å². The van der Waals surface area contributed by atoms with Gasteiger partial charge in [0.05, 0.1) is 70.1 Å². The summed E-state index contributed by atoms with van der Waals surface area (Å²) in [5, 5.41) is 0. The maximum atomic E-state index is 5.48. The largest absolute Gasteiger partial charge is 0.457 e. The fourth-order valence-electron chi connectivity index (χ4n) is 2.50. The van der Waals surface area contributed by atoms with Crippen molar-refractivity contribution in [1.82, 2.24) is 0 Å². The van der Waals surface area contributed by atoms with Crippen molar-refractivity contribution in [3.63, 3.8) is 0 Å². The molecule has 32 heavy (non-hydrogen) atoms. The van der Waals surface area contributed by atoms with Gasteiger partial charge in [-0.2, -0.15) is 9.98 Å². The Hall–Kier alpha value is -3.32. The minimum absolute atomic E-state index is 0.153. The number of hydrogen-bond acceptors (Lipinski definition) is 9. The first kappa shape index (κ1) is 23.3. The van der Waals surface area contributed by atoms with Gasteiger partial charge in [0.25, 0.3) is 0 Å². The molecule has 2 aliphatic heterocycles. The Bertz CT molecular complexity index is 885. The monoisotopic (exact) mass is 438 g/mol. The van der Waals surface area contributed by atoms with Gasteiger partial charge < -0.3 is 23.7 Å². The molecular formula is C23H26N4O5. The van der Waals surface area contributed by atoms with Crippen molar-refractivity contribution in [1.29, 1.82) is 0 Å². The summed E-state index contributed by atoms with van der Waals surface area (Å²) in [5.74, 6) is 1.41. The number of benzene rings is 2. The second kappa shape index (κ2) is 14.6. The van der Waals surface area contributed by atoms with Crippen molar-refractivity contribution in [3.8, 4) is 11.5 Å². The molecule has 0 aromatic heterocycles. The molecule has 0 radical (unpaired) electrons. The quantitative estimate of drug-likeness (QED) is 0.624. The van der Waals surface area contributed by atoms with E-state index in [1.807, 2.05) is 48.5 Å². The van der Waals surface area contributed by atoms with Gasteiger partial charge in [0.2, 0.25) is 6.79 Å². The van der Waals surface area contributed by atoms with Crippen LogP contribution in [0.5, 0.6) is 11.5 Å². The second-order valence-electron chi connectivity index (χ2n) is 6.43. The van der Waals surface area contributed by atoms with Crippen LogP contribution < -0.4 is 9.47 Å². The average Bonchev–Trinajstić information content (AvgIpc) is 2.81. The van der Waals surface area contributed by atoms with E-state index in [1.165, 1.54) is 0 Å². The molecule has 0 saturated heterocycles. The lowest BCUT2D eigenvalue weighted by Crippen LogP contribution is -2.11. The number of hydrogen-bond donors (Lipinski definition) is 0. The molecule has 2 aromatic carbocycles. The van der Waals surface area contributed by atoms with Gasteiger partial charge in [-0.25, -0.2) is 9.98 Å². The molecule has 9 heteroatoms. The smallest absolute Gasteiger partial charge is 0.230 e. The van der Waals surface area contributed by atoms with E-state index < -0.39 is 0 Å². The van der Waals surface area contributed by atoms with E-state index in [9.17, 15) is 0 Å². The Morgan fingerprint density at radius 3 is 1.62 bits per heavy atom. The maximum absolute atomic E-state index is 5.48. The van der Waals surface area contributed by atoms with Gasteiger partial charge >= 0.3 is 0 Å². The van der Waals surface area contributed by atoms with Gasteiger partial charge in [0.1, 0.15) is 17.5 Å². The molecule has 0 atom stereocenters. The zero-order valence-corrected chi connectivity index (χ0v) is 17.8. The number of nitrogens with zero attached hydrogens (tertiary/aromatic N) is 4. The number of ether oxygens (including phenoxy) is 5. The molecule has 9 nitrogen and oxygen atoms in total. The van der Waals surface area contributed by atoms with Crippen molar-refractivity contribution >= 4 is 23.4 Å². The van der Waals surface area contributed by atoms with Crippen LogP contribution in [0.15, 0.2) is 68.5 Å². The lowest BCUT2D eigenvalue weighted by molar-refractivity contribution is 0.0174. The van der Waals surface area contributed by atoms with Crippen LogP contribution in [0, 0.1) is 0 Å². The third-order valence-electron chi connectivity index (χ3n) is 4.02. The minimum Gasteiger partial charge on any atom is -0.457 e. The van der Waals surface area contributed by atoms with Gasteiger partial charge in [-0.3, -0.25) is 0 Å². The highest BCUT2D eigenvalue weighted by molar-refractivity contribution is 5.59. The highest BCUT2D eigenvalue weighted by Gasteiger charge is 1.99. The molecule has 0 aliphatic carbocycles. The van der Waals surface area contributed by atoms with Crippen LogP contribution in [0.1, 0.15) is 0 Å². The lowest BCUT2D eigenvalue weighted by atomic mass is 10.3. The molecule has 0 spiro atoms. The van der Waals surface area contributed by atoms with E-state index in [-0.39, 0.29) is 6.79 Å². The van der Waals surface area contributed by atoms with Crippen molar-refractivity contribution in [3.05, 3.63) is 48.5 Å². The number of aliphatic imine (C=N–C) groups is 4. The van der Waals surface area contributed by atoms with Crippen molar-refractivity contribution in [2.24, 2.45) is 20.0 Å². The summed E-state index contributed by atoms with van der Waals surface area (Å²) in [4.78, 5) is 16.1. The molecule has 2 aliphatic rings. The van der Waals surface area contributed by atoms with Crippen LogP contribution in [-0.2, 0) is 14.2 Å². The molecule has 4 bridgehead atoms. The molecule has 0 amide bonds. The fraction of sp³-hybridized carbons (Fsp3) is 0.391. The van der Waals surface area contributed by atoms with E-state index in [0.29, 0.717) is 64.2 Å². The zero-order chi connectivity index (χ0) is 22.1. The third kappa shape index (κ3) is 9.66. The molecule has 0 saturated carbocycles. The predicted octanol–water partition coefficient (Wildman–Crippen LogP) is 3.78. The first-order valence-corrected chi connectivity index (χ1v) is 10.3. The van der Waals surface area contributed by atoms with Crippen LogP contribution in [0.3, 0.4) is 0 Å². The Balaban J connectivity index is 0.000000188. The van der Waals surface area contributed by atoms with E-state index in [2.05, 4.69) is 32.0 Å². The summed E-state index contributed by atoms with van der Waals surface area (Å²) >= 11 is 0. The lowest BCUT2D eigenvalue weighted by Gasteiger charge is -2.09. The van der Waals surface area contributed by atoms with Crippen molar-refractivity contribution < 1.29 is 23.7 Å². The first-order chi connectivity index (χ1) is 15.9. The van der Waals surface area contributed by atoms with E-state index >= 15 is 0 Å². The Morgan fingerprint density at radius 2 is 1.09 bits per heavy atom. The summed E-state index contributed by atoms with van der Waals surface area (Å²) in [6.45, 7) is 4.99. The summed E-state index contributed by atoms with van der Waals surface area (Å²) < 4.78 is 26.7. The molecule has 168 valence electrons. The van der Waals surface area contributed by atoms with E-state index in [0.717, 1.165) is 11.4 Å². The van der Waals surface area contributed by atoms with Crippen LogP contribution in [0.25, 0.3) is 0 Å². The molecular weight excluding hydrogens is 412 g/mol. The van der Waals surface area contributed by atoms with Gasteiger partial charge in [0, 0.05) is 12.1 Å². The maximum Gasteiger partial charge on any atom is 0.230 e. The summed E-state index contributed by atoms with van der Waals surface area (Å²) in [6.07, 6.45) is 0. The van der Waals surface area contributed by atoms with Gasteiger partial charge in [-0.15, -0.1) is 0 Å². The van der Waals surface area contributed by atoms with Crippen molar-refractivity contribution in [2.45, 2.75) is 0 Å². The number of fused-ring (bicyclic) bond motifs is 4. The van der Waals surface area contributed by atoms with Gasteiger partial charge in [-0.05, 0) is 24.3 Å². The number of rotatable bonds is 0. The molecule has 2 aromatic rings. The Kier molecular flexibility index (Phi) is 10.7. The summed E-state index contributed by atoms with van der Waals surface area (Å²) in [5.41, 5.74) is 1.49. The van der Waals surface area contributed by atoms with Gasteiger partial charge in [-0.1, -0.05) is 12.1 Å². The first-order valence-electron chi connectivity index (χ1n) is 10.3. The topological polar surface area (TPSA) is 95.6 Å². The Labute approximate surface area is 187 Å². The molecule has 0 N–H and O–H groups in total. The highest BCUT2D eigenvalue weighted by atomic mass is 16.7. The second-order valence-corrected chi connectivity index (χ2v) is 6.43. The normalized spacial score (nSPS) is 16.8. The minimum atomic E-state index is 0.153. The SMILES string of the molecule is C1=NCCOCCOCCOCCN=1.C1=Nc2cccc(c2)OCOc2cccc(c2)N=1. The van der Waals surface area contributed by atoms with Crippen LogP contribution >= 0.6 is 0 Å². The third-order valence-corrected chi connectivity index (χ3v) is 4.02. The molecule has 4 rings (SSSR count). The molecule has 0 unspecified atom stereocenters. The highest BCUT2D eigenvalue weighted by Crippen LogP contribution is 2.23. The fourth-order valence-corrected chi connectivity index (χ4v) is 2.50. The van der Waals surface area contributed by atoms with Crippen molar-refractivity contribution in [2.75, 3.05) is 59.5 Å². The average molecular weight is 438 g/mol. The summed E-state index contributed by atoms with van der Waals surface area (Å²) in [6, 6.07) is 20.0. The Morgan fingerprint density at radius 1 is 0.594 bits per heavy atom. The van der Waals surface area contributed by atoms with Gasteiger partial charge in [0.15, 0.2) is 0 Å². The van der Waals surface area contributed by atoms with Crippen LogP contribution in [-0.4, -0.2) is 71.5 Å². The van der Waals surface area contributed by atoms with E-state index in [1.54, 1.807) is 0 Å².